The summed E-state index contributed by atoms with van der Waals surface area (Å²) in [4.78, 5) is 13.6. The van der Waals surface area contributed by atoms with Gasteiger partial charge in [-0.2, -0.15) is 0 Å². The number of carbonyl (C=O) groups excluding carboxylic acids is 1. The Morgan fingerprint density at radius 3 is 2.90 bits per heavy atom. The van der Waals surface area contributed by atoms with E-state index in [1.54, 1.807) is 20.3 Å². The third-order valence-corrected chi connectivity index (χ3v) is 3.78. The van der Waals surface area contributed by atoms with Gasteiger partial charge in [-0.15, -0.1) is 0 Å². The molecule has 0 aromatic heterocycles. The Balaban J connectivity index is 2.07. The van der Waals surface area contributed by atoms with Crippen LogP contribution in [0, 0.1) is 0 Å². The van der Waals surface area contributed by atoms with Gasteiger partial charge in [0.15, 0.2) is 0 Å². The van der Waals surface area contributed by atoms with Gasteiger partial charge < -0.3 is 15.2 Å². The quantitative estimate of drug-likeness (QED) is 0.844. The van der Waals surface area contributed by atoms with E-state index in [9.17, 15) is 4.79 Å². The topological polar surface area (TPSA) is 64.8 Å². The molecule has 0 spiro atoms. The summed E-state index contributed by atoms with van der Waals surface area (Å²) in [7, 11) is 3.46. The number of rotatable bonds is 6. The zero-order chi connectivity index (χ0) is 14.5. The first-order valence-electron chi connectivity index (χ1n) is 6.78. The van der Waals surface area contributed by atoms with Gasteiger partial charge in [-0.3, -0.25) is 9.69 Å². The van der Waals surface area contributed by atoms with E-state index in [0.29, 0.717) is 18.2 Å². The van der Waals surface area contributed by atoms with E-state index in [4.69, 9.17) is 15.2 Å². The van der Waals surface area contributed by atoms with Crippen LogP contribution in [-0.2, 0) is 16.0 Å². The Bertz CT molecular complexity index is 464. The van der Waals surface area contributed by atoms with Crippen molar-refractivity contribution < 1.29 is 14.3 Å². The van der Waals surface area contributed by atoms with Crippen molar-refractivity contribution in [1.29, 1.82) is 0 Å². The molecule has 2 rings (SSSR count). The van der Waals surface area contributed by atoms with E-state index in [2.05, 4.69) is 4.90 Å². The number of likely N-dealkylation sites (tertiary alicyclic amines) is 1. The Morgan fingerprint density at radius 1 is 1.45 bits per heavy atom. The summed E-state index contributed by atoms with van der Waals surface area (Å²) in [6, 6.07) is 7.82. The van der Waals surface area contributed by atoms with Gasteiger partial charge in [0.05, 0.1) is 12.7 Å². The zero-order valence-corrected chi connectivity index (χ0v) is 12.0. The van der Waals surface area contributed by atoms with Crippen LogP contribution in [0.2, 0.25) is 0 Å². The van der Waals surface area contributed by atoms with Crippen LogP contribution in [0.3, 0.4) is 0 Å². The molecule has 0 saturated carbocycles. The fraction of sp³-hybridized carbons (Fsp3) is 0.533. The lowest BCUT2D eigenvalue weighted by atomic mass is 10.1. The molecule has 5 nitrogen and oxygen atoms in total. The van der Waals surface area contributed by atoms with Gasteiger partial charge in [-0.1, -0.05) is 12.1 Å². The highest BCUT2D eigenvalue weighted by molar-refractivity contribution is 5.92. The number of primary amides is 1. The molecule has 1 heterocycles. The Labute approximate surface area is 119 Å². The second-order valence-corrected chi connectivity index (χ2v) is 5.20. The molecule has 1 aliphatic rings. The molecule has 20 heavy (non-hydrogen) atoms. The molecule has 5 heteroatoms. The molecule has 1 aliphatic heterocycles. The number of ether oxygens (including phenoxy) is 2. The molecule has 1 aromatic rings. The monoisotopic (exact) mass is 278 g/mol. The number of nitrogens with two attached hydrogens (primary N) is 1. The fourth-order valence-electron chi connectivity index (χ4n) is 2.73. The number of amides is 1. The molecule has 0 unspecified atom stereocenters. The molecular weight excluding hydrogens is 256 g/mol. The van der Waals surface area contributed by atoms with E-state index in [0.717, 1.165) is 25.1 Å². The number of benzene rings is 1. The summed E-state index contributed by atoms with van der Waals surface area (Å²) in [6.45, 7) is 2.34. The van der Waals surface area contributed by atoms with Crippen molar-refractivity contribution in [2.45, 2.75) is 25.1 Å². The van der Waals surface area contributed by atoms with Crippen LogP contribution in [0.25, 0.3) is 0 Å². The first kappa shape index (κ1) is 15.0. The van der Waals surface area contributed by atoms with Crippen molar-refractivity contribution in [1.82, 2.24) is 4.90 Å². The molecule has 0 bridgehead atoms. The van der Waals surface area contributed by atoms with E-state index in [1.165, 1.54) is 0 Å². The standard InChI is InChI=1S/C15H22N2O3/c1-19-10-13-7-14(20-2)9-17(13)8-11-4-3-5-12(6-11)15(16)18/h3-6,13-14H,7-10H2,1-2H3,(H2,16,18)/t13-,14+/m0/s1. The smallest absolute Gasteiger partial charge is 0.248 e. The maximum Gasteiger partial charge on any atom is 0.248 e. The molecule has 2 atom stereocenters. The van der Waals surface area contributed by atoms with Crippen LogP contribution in [0.15, 0.2) is 24.3 Å². The van der Waals surface area contributed by atoms with Crippen molar-refractivity contribution in [3.63, 3.8) is 0 Å². The van der Waals surface area contributed by atoms with Crippen molar-refractivity contribution in [3.05, 3.63) is 35.4 Å². The van der Waals surface area contributed by atoms with Gasteiger partial charge in [0.1, 0.15) is 0 Å². The second-order valence-electron chi connectivity index (χ2n) is 5.20. The summed E-state index contributed by atoms with van der Waals surface area (Å²) < 4.78 is 10.7. The maximum absolute atomic E-state index is 11.2. The lowest BCUT2D eigenvalue weighted by Crippen LogP contribution is -2.32. The average molecular weight is 278 g/mol. The zero-order valence-electron chi connectivity index (χ0n) is 12.0. The second kappa shape index (κ2) is 6.83. The number of methoxy groups -OCH3 is 2. The molecule has 110 valence electrons. The lowest BCUT2D eigenvalue weighted by Gasteiger charge is -2.23. The third kappa shape index (κ3) is 3.56. The highest BCUT2D eigenvalue weighted by Gasteiger charge is 2.31. The molecule has 0 aliphatic carbocycles. The number of nitrogens with zero attached hydrogens (tertiary/aromatic N) is 1. The van der Waals surface area contributed by atoms with Gasteiger partial charge in [-0.25, -0.2) is 0 Å². The minimum atomic E-state index is -0.392. The number of hydrogen-bond acceptors (Lipinski definition) is 4. The third-order valence-electron chi connectivity index (χ3n) is 3.78. The average Bonchev–Trinajstić information content (AvgIpc) is 2.82. The van der Waals surface area contributed by atoms with Crippen molar-refractivity contribution in [3.8, 4) is 0 Å². The van der Waals surface area contributed by atoms with Gasteiger partial charge in [-0.05, 0) is 24.1 Å². The van der Waals surface area contributed by atoms with E-state index in [1.807, 2.05) is 18.2 Å². The fourth-order valence-corrected chi connectivity index (χ4v) is 2.73. The largest absolute Gasteiger partial charge is 0.383 e. The summed E-state index contributed by atoms with van der Waals surface area (Å²) >= 11 is 0. The SMILES string of the molecule is COC[C@@H]1C[C@@H](OC)CN1Cc1cccc(C(N)=O)c1. The molecule has 2 N–H and O–H groups in total. The summed E-state index contributed by atoms with van der Waals surface area (Å²) in [5.41, 5.74) is 6.95. The lowest BCUT2D eigenvalue weighted by molar-refractivity contribution is 0.0998. The molecule has 1 saturated heterocycles. The van der Waals surface area contributed by atoms with Crippen LogP contribution in [-0.4, -0.2) is 50.3 Å². The predicted octanol–water partition coefficient (Wildman–Crippen LogP) is 1.02. The van der Waals surface area contributed by atoms with Crippen LogP contribution in [0.1, 0.15) is 22.3 Å². The van der Waals surface area contributed by atoms with Crippen LogP contribution in [0.5, 0.6) is 0 Å². The van der Waals surface area contributed by atoms with Gasteiger partial charge in [0.25, 0.3) is 0 Å². The molecular formula is C15H22N2O3. The summed E-state index contributed by atoms with van der Waals surface area (Å²) in [6.07, 6.45) is 1.22. The number of hydrogen-bond donors (Lipinski definition) is 1. The van der Waals surface area contributed by atoms with Crippen molar-refractivity contribution in [2.24, 2.45) is 5.73 Å². The van der Waals surface area contributed by atoms with Crippen molar-refractivity contribution in [2.75, 3.05) is 27.4 Å². The highest BCUT2D eigenvalue weighted by Crippen LogP contribution is 2.22. The molecule has 1 fully saturated rings. The van der Waals surface area contributed by atoms with Crippen molar-refractivity contribution >= 4 is 5.91 Å². The van der Waals surface area contributed by atoms with Gasteiger partial charge in [0.2, 0.25) is 5.91 Å². The maximum atomic E-state index is 11.2. The molecule has 1 amide bonds. The first-order valence-corrected chi connectivity index (χ1v) is 6.78. The van der Waals surface area contributed by atoms with Crippen LogP contribution < -0.4 is 5.73 Å². The number of carbonyl (C=O) groups is 1. The van der Waals surface area contributed by atoms with Gasteiger partial charge >= 0.3 is 0 Å². The van der Waals surface area contributed by atoms with Gasteiger partial charge in [0, 0.05) is 38.9 Å². The highest BCUT2D eigenvalue weighted by atomic mass is 16.5. The summed E-state index contributed by atoms with van der Waals surface area (Å²) in [5, 5.41) is 0. The first-order chi connectivity index (χ1) is 9.63. The minimum Gasteiger partial charge on any atom is -0.383 e. The Morgan fingerprint density at radius 2 is 2.25 bits per heavy atom. The Kier molecular flexibility index (Phi) is 5.11. The molecule has 0 radical (unpaired) electrons. The van der Waals surface area contributed by atoms with E-state index in [-0.39, 0.29) is 6.10 Å². The van der Waals surface area contributed by atoms with E-state index >= 15 is 0 Å². The van der Waals surface area contributed by atoms with E-state index < -0.39 is 5.91 Å². The Hall–Kier alpha value is -1.43. The van der Waals surface area contributed by atoms with Crippen LogP contribution >= 0.6 is 0 Å². The normalized spacial score (nSPS) is 23.1. The minimum absolute atomic E-state index is 0.245. The summed E-state index contributed by atoms with van der Waals surface area (Å²) in [5.74, 6) is -0.392. The molecule has 1 aromatic carbocycles. The van der Waals surface area contributed by atoms with Crippen LogP contribution in [0.4, 0.5) is 0 Å². The predicted molar refractivity (Wildman–Crippen MR) is 76.4 cm³/mol.